The quantitative estimate of drug-likeness (QED) is 0.697. The highest BCUT2D eigenvalue weighted by Crippen LogP contribution is 2.41. The Hall–Kier alpha value is -3.15. The highest BCUT2D eigenvalue weighted by atomic mass is 16.2. The predicted molar refractivity (Wildman–Crippen MR) is 117 cm³/mol. The van der Waals surface area contributed by atoms with Crippen LogP contribution in [0.3, 0.4) is 0 Å². The topological polar surface area (TPSA) is 67.2 Å². The molecule has 0 radical (unpaired) electrons. The number of carbonyl (C=O) groups is 2. The summed E-state index contributed by atoms with van der Waals surface area (Å²) in [5.41, 5.74) is 2.51. The number of aromatic nitrogens is 2. The van der Waals surface area contributed by atoms with Gasteiger partial charge in [0.25, 0.3) is 5.91 Å². The minimum Gasteiger partial charge on any atom is -0.326 e. The van der Waals surface area contributed by atoms with Gasteiger partial charge in [-0.15, -0.1) is 0 Å². The van der Waals surface area contributed by atoms with Crippen molar-refractivity contribution in [2.45, 2.75) is 51.1 Å². The van der Waals surface area contributed by atoms with E-state index in [-0.39, 0.29) is 24.3 Å². The number of fused-ring (bicyclic) bond motifs is 3. The van der Waals surface area contributed by atoms with E-state index < -0.39 is 6.04 Å². The third kappa shape index (κ3) is 3.16. The Morgan fingerprint density at radius 3 is 2.60 bits per heavy atom. The number of carbonyl (C=O) groups excluding carboxylic acids is 2. The molecule has 1 fully saturated rings. The molecule has 1 aliphatic carbocycles. The average molecular weight is 402 g/mol. The molecule has 0 unspecified atom stereocenters. The minimum absolute atomic E-state index is 0.00906. The summed E-state index contributed by atoms with van der Waals surface area (Å²) in [6.45, 7) is 2.22. The number of nitrogens with one attached hydrogen (secondary N) is 1. The van der Waals surface area contributed by atoms with E-state index in [0.29, 0.717) is 11.9 Å². The second-order valence-corrected chi connectivity index (χ2v) is 8.44. The molecular weight excluding hydrogens is 376 g/mol. The highest BCUT2D eigenvalue weighted by Gasteiger charge is 2.45. The number of amides is 2. The van der Waals surface area contributed by atoms with Gasteiger partial charge in [-0.25, -0.2) is 4.98 Å². The molecule has 1 aliphatic heterocycles. The maximum atomic E-state index is 13.6. The first kappa shape index (κ1) is 18.9. The molecule has 154 valence electrons. The summed E-state index contributed by atoms with van der Waals surface area (Å²) in [7, 11) is 0. The van der Waals surface area contributed by atoms with Crippen molar-refractivity contribution in [3.8, 4) is 0 Å². The molecule has 1 saturated carbocycles. The fourth-order valence-electron chi connectivity index (χ4n) is 4.96. The number of rotatable bonds is 4. The molecule has 5 rings (SSSR count). The minimum atomic E-state index is -0.565. The van der Waals surface area contributed by atoms with Crippen LogP contribution >= 0.6 is 0 Å². The van der Waals surface area contributed by atoms with E-state index in [1.807, 2.05) is 64.1 Å². The van der Waals surface area contributed by atoms with Gasteiger partial charge >= 0.3 is 0 Å². The van der Waals surface area contributed by atoms with Gasteiger partial charge in [-0.05, 0) is 43.0 Å². The SMILES string of the molecule is C[C@H]1CCCC[C@H]1N1C(=O)[C@@H](CC(=O)Nc2ccccc2)n2c1nc1ccccc12. The lowest BCUT2D eigenvalue weighted by atomic mass is 9.85. The first-order valence-electron chi connectivity index (χ1n) is 10.8. The van der Waals surface area contributed by atoms with Crippen molar-refractivity contribution >= 4 is 34.5 Å². The van der Waals surface area contributed by atoms with Gasteiger partial charge in [0, 0.05) is 11.7 Å². The molecule has 1 aromatic heterocycles. The number of anilines is 2. The van der Waals surface area contributed by atoms with Crippen LogP contribution in [0.5, 0.6) is 0 Å². The summed E-state index contributed by atoms with van der Waals surface area (Å²) in [6, 6.07) is 16.8. The van der Waals surface area contributed by atoms with Crippen LogP contribution in [-0.4, -0.2) is 27.4 Å². The van der Waals surface area contributed by atoms with Gasteiger partial charge in [0.15, 0.2) is 0 Å². The molecule has 0 saturated heterocycles. The first-order valence-corrected chi connectivity index (χ1v) is 10.8. The molecule has 2 aliphatic rings. The van der Waals surface area contributed by atoms with Crippen molar-refractivity contribution in [3.63, 3.8) is 0 Å². The van der Waals surface area contributed by atoms with Gasteiger partial charge in [-0.2, -0.15) is 0 Å². The van der Waals surface area contributed by atoms with Crippen molar-refractivity contribution in [2.24, 2.45) is 5.92 Å². The van der Waals surface area contributed by atoms with Crippen molar-refractivity contribution in [1.82, 2.24) is 9.55 Å². The molecule has 2 heterocycles. The van der Waals surface area contributed by atoms with E-state index in [9.17, 15) is 9.59 Å². The normalized spacial score (nSPS) is 23.6. The van der Waals surface area contributed by atoms with Crippen LogP contribution in [0.4, 0.5) is 11.6 Å². The van der Waals surface area contributed by atoms with Crippen molar-refractivity contribution < 1.29 is 9.59 Å². The number of para-hydroxylation sites is 3. The highest BCUT2D eigenvalue weighted by molar-refractivity contribution is 6.05. The van der Waals surface area contributed by atoms with Crippen LogP contribution < -0.4 is 10.2 Å². The van der Waals surface area contributed by atoms with Gasteiger partial charge in [-0.3, -0.25) is 19.1 Å². The van der Waals surface area contributed by atoms with Crippen LogP contribution in [0.1, 0.15) is 45.1 Å². The lowest BCUT2D eigenvalue weighted by Gasteiger charge is -2.35. The number of imidazole rings is 1. The maximum absolute atomic E-state index is 13.6. The number of hydrogen-bond donors (Lipinski definition) is 1. The van der Waals surface area contributed by atoms with E-state index in [2.05, 4.69) is 12.2 Å². The smallest absolute Gasteiger partial charge is 0.253 e. The van der Waals surface area contributed by atoms with Crippen LogP contribution in [0, 0.1) is 5.92 Å². The fourth-order valence-corrected chi connectivity index (χ4v) is 4.96. The summed E-state index contributed by atoms with van der Waals surface area (Å²) < 4.78 is 1.98. The Kier molecular flexibility index (Phi) is 4.77. The molecule has 2 amide bonds. The third-order valence-corrected chi connectivity index (χ3v) is 6.46. The number of benzene rings is 2. The molecular formula is C24H26N4O2. The maximum Gasteiger partial charge on any atom is 0.253 e. The molecule has 6 heteroatoms. The Bertz CT molecular complexity index is 1090. The predicted octanol–water partition coefficient (Wildman–Crippen LogP) is 4.53. The van der Waals surface area contributed by atoms with Crippen LogP contribution in [0.2, 0.25) is 0 Å². The molecule has 2 aromatic carbocycles. The Morgan fingerprint density at radius 2 is 1.80 bits per heavy atom. The lowest BCUT2D eigenvalue weighted by molar-refractivity contribution is -0.125. The van der Waals surface area contributed by atoms with Gasteiger partial charge in [0.1, 0.15) is 6.04 Å². The zero-order valence-corrected chi connectivity index (χ0v) is 17.1. The standard InChI is InChI=1S/C24H26N4O2/c1-16-9-5-7-13-19(16)28-23(30)21(15-22(29)25-17-10-3-2-4-11-17)27-20-14-8-6-12-18(20)26-24(27)28/h2-4,6,8,10-12,14,16,19,21H,5,7,9,13,15H2,1H3,(H,25,29)/t16-,19+,21+/m0/s1. The van der Waals surface area contributed by atoms with Gasteiger partial charge in [0.2, 0.25) is 11.9 Å². The zero-order chi connectivity index (χ0) is 20.7. The summed E-state index contributed by atoms with van der Waals surface area (Å²) >= 11 is 0. The van der Waals surface area contributed by atoms with E-state index in [1.54, 1.807) is 0 Å². The van der Waals surface area contributed by atoms with Crippen LogP contribution in [-0.2, 0) is 9.59 Å². The fraction of sp³-hybridized carbons (Fsp3) is 0.375. The molecule has 3 aromatic rings. The molecule has 0 spiro atoms. The number of nitrogens with zero attached hydrogens (tertiary/aromatic N) is 3. The van der Waals surface area contributed by atoms with Gasteiger partial charge < -0.3 is 5.32 Å². The van der Waals surface area contributed by atoms with E-state index in [4.69, 9.17) is 4.98 Å². The monoisotopic (exact) mass is 402 g/mol. The third-order valence-electron chi connectivity index (χ3n) is 6.46. The van der Waals surface area contributed by atoms with Crippen molar-refractivity contribution in [2.75, 3.05) is 10.2 Å². The zero-order valence-electron chi connectivity index (χ0n) is 17.1. The second kappa shape index (κ2) is 7.59. The molecule has 1 N–H and O–H groups in total. The van der Waals surface area contributed by atoms with Gasteiger partial charge in [-0.1, -0.05) is 50.1 Å². The van der Waals surface area contributed by atoms with Crippen molar-refractivity contribution in [3.05, 3.63) is 54.6 Å². The molecule has 30 heavy (non-hydrogen) atoms. The lowest BCUT2D eigenvalue weighted by Crippen LogP contribution is -2.44. The first-order chi connectivity index (χ1) is 14.6. The summed E-state index contributed by atoms with van der Waals surface area (Å²) in [5, 5.41) is 2.92. The Labute approximate surface area is 175 Å². The summed E-state index contributed by atoms with van der Waals surface area (Å²) in [6.07, 6.45) is 4.53. The Morgan fingerprint density at radius 1 is 1.07 bits per heavy atom. The van der Waals surface area contributed by atoms with E-state index >= 15 is 0 Å². The van der Waals surface area contributed by atoms with E-state index in [0.717, 1.165) is 36.0 Å². The summed E-state index contributed by atoms with van der Waals surface area (Å²) in [5.74, 6) is 0.942. The number of hydrogen-bond acceptors (Lipinski definition) is 3. The largest absolute Gasteiger partial charge is 0.326 e. The van der Waals surface area contributed by atoms with E-state index in [1.165, 1.54) is 6.42 Å². The van der Waals surface area contributed by atoms with Crippen molar-refractivity contribution in [1.29, 1.82) is 0 Å². The van der Waals surface area contributed by atoms with Crippen LogP contribution in [0.15, 0.2) is 54.6 Å². The molecule has 0 bridgehead atoms. The Balaban J connectivity index is 1.50. The average Bonchev–Trinajstić information content (AvgIpc) is 3.24. The van der Waals surface area contributed by atoms with Crippen LogP contribution in [0.25, 0.3) is 11.0 Å². The van der Waals surface area contributed by atoms with Gasteiger partial charge in [0.05, 0.1) is 17.5 Å². The molecule has 6 nitrogen and oxygen atoms in total. The summed E-state index contributed by atoms with van der Waals surface area (Å²) in [4.78, 5) is 33.1. The second-order valence-electron chi connectivity index (χ2n) is 8.44. The molecule has 3 atom stereocenters.